The van der Waals surface area contributed by atoms with Crippen LogP contribution in [0.1, 0.15) is 15.2 Å². The van der Waals surface area contributed by atoms with Crippen LogP contribution in [0.3, 0.4) is 0 Å². The molecule has 0 aliphatic carbocycles. The lowest BCUT2D eigenvalue weighted by Gasteiger charge is -2.07. The second kappa shape index (κ2) is 6.85. The first-order chi connectivity index (χ1) is 10.1. The fraction of sp³-hybridized carbons (Fsp3) is 0.214. The van der Waals surface area contributed by atoms with Gasteiger partial charge in [0.15, 0.2) is 5.13 Å². The highest BCUT2D eigenvalue weighted by Gasteiger charge is 2.13. The molecule has 7 heteroatoms. The number of esters is 1. The van der Waals surface area contributed by atoms with Gasteiger partial charge in [0.2, 0.25) is 5.91 Å². The van der Waals surface area contributed by atoms with Gasteiger partial charge in [0.25, 0.3) is 0 Å². The Bertz CT molecular complexity index is 654. The first kappa shape index (κ1) is 15.0. The van der Waals surface area contributed by atoms with E-state index >= 15 is 0 Å². The van der Waals surface area contributed by atoms with Gasteiger partial charge in [0, 0.05) is 5.56 Å². The van der Waals surface area contributed by atoms with E-state index in [1.54, 1.807) is 13.2 Å². The molecule has 0 atom stereocenters. The van der Waals surface area contributed by atoms with Crippen molar-refractivity contribution in [1.82, 2.24) is 4.98 Å². The summed E-state index contributed by atoms with van der Waals surface area (Å²) in [5.41, 5.74) is 0.780. The number of hydrogen-bond donors (Lipinski definition) is 1. The van der Waals surface area contributed by atoms with Gasteiger partial charge in [0.05, 0.1) is 26.8 Å². The summed E-state index contributed by atoms with van der Waals surface area (Å²) in [6.07, 6.45) is 1.53. The molecule has 1 N–H and O–H groups in total. The molecule has 0 aliphatic rings. The van der Waals surface area contributed by atoms with Crippen molar-refractivity contribution in [2.24, 2.45) is 0 Å². The van der Waals surface area contributed by atoms with Crippen LogP contribution >= 0.6 is 11.3 Å². The monoisotopic (exact) mass is 306 g/mol. The lowest BCUT2D eigenvalue weighted by atomic mass is 10.1. The minimum absolute atomic E-state index is 0.164. The second-order valence-corrected chi connectivity index (χ2v) is 5.09. The van der Waals surface area contributed by atoms with Crippen LogP contribution < -0.4 is 10.1 Å². The average Bonchev–Trinajstić information content (AvgIpc) is 2.95. The molecule has 6 nitrogen and oxygen atoms in total. The molecule has 1 aromatic carbocycles. The van der Waals surface area contributed by atoms with Gasteiger partial charge in [-0.3, -0.25) is 4.79 Å². The maximum absolute atomic E-state index is 12.0. The highest BCUT2D eigenvalue weighted by atomic mass is 32.1. The van der Waals surface area contributed by atoms with Crippen molar-refractivity contribution in [2.75, 3.05) is 19.5 Å². The molecule has 2 aromatic rings. The van der Waals surface area contributed by atoms with Gasteiger partial charge >= 0.3 is 5.97 Å². The van der Waals surface area contributed by atoms with Gasteiger partial charge in [-0.2, -0.15) is 0 Å². The molecule has 0 saturated heterocycles. The zero-order valence-electron chi connectivity index (χ0n) is 11.6. The van der Waals surface area contributed by atoms with E-state index in [1.165, 1.54) is 13.3 Å². The maximum atomic E-state index is 12.0. The minimum atomic E-state index is -0.474. The number of amides is 1. The van der Waals surface area contributed by atoms with E-state index in [-0.39, 0.29) is 12.3 Å². The first-order valence-electron chi connectivity index (χ1n) is 6.10. The standard InChI is InChI=1S/C14H14N2O4S/c1-19-10-6-4-3-5-9(10)7-12(17)16-14-15-8-11(21-14)13(18)20-2/h3-6,8H,7H2,1-2H3,(H,15,16,17). The maximum Gasteiger partial charge on any atom is 0.349 e. The van der Waals surface area contributed by atoms with E-state index in [4.69, 9.17) is 4.74 Å². The van der Waals surface area contributed by atoms with Crippen LogP contribution in [0.4, 0.5) is 5.13 Å². The van der Waals surface area contributed by atoms with Crippen LogP contribution in [0, 0.1) is 0 Å². The Balaban J connectivity index is 2.01. The van der Waals surface area contributed by atoms with Crippen LogP contribution in [-0.2, 0) is 16.0 Å². The number of nitrogens with zero attached hydrogens (tertiary/aromatic N) is 1. The Labute approximate surface area is 125 Å². The number of aromatic nitrogens is 1. The molecule has 0 radical (unpaired) electrons. The van der Waals surface area contributed by atoms with Crippen molar-refractivity contribution >= 4 is 28.3 Å². The molecule has 0 spiro atoms. The topological polar surface area (TPSA) is 77.5 Å². The summed E-state index contributed by atoms with van der Waals surface area (Å²) in [7, 11) is 2.85. The van der Waals surface area contributed by atoms with Crippen LogP contribution in [-0.4, -0.2) is 31.1 Å². The summed E-state index contributed by atoms with van der Waals surface area (Å²) in [5.74, 6) is -0.0509. The number of nitrogens with one attached hydrogen (secondary N) is 1. The van der Waals surface area contributed by atoms with E-state index in [0.29, 0.717) is 15.8 Å². The summed E-state index contributed by atoms with van der Waals surface area (Å²) in [6.45, 7) is 0. The predicted octanol–water partition coefficient (Wildman–Crippen LogP) is 2.12. The van der Waals surface area contributed by atoms with Crippen molar-refractivity contribution in [3.8, 4) is 5.75 Å². The number of benzene rings is 1. The summed E-state index contributed by atoms with van der Waals surface area (Å²) >= 11 is 1.07. The highest BCUT2D eigenvalue weighted by molar-refractivity contribution is 7.17. The average molecular weight is 306 g/mol. The number of para-hydroxylation sites is 1. The molecule has 0 saturated carbocycles. The largest absolute Gasteiger partial charge is 0.496 e. The van der Waals surface area contributed by atoms with E-state index in [0.717, 1.165) is 16.9 Å². The molecule has 0 bridgehead atoms. The van der Waals surface area contributed by atoms with Gasteiger partial charge in [-0.05, 0) is 6.07 Å². The number of anilines is 1. The van der Waals surface area contributed by atoms with Gasteiger partial charge in [-0.1, -0.05) is 29.5 Å². The van der Waals surface area contributed by atoms with Gasteiger partial charge in [0.1, 0.15) is 10.6 Å². The number of carbonyl (C=O) groups is 2. The third-order valence-corrected chi connectivity index (χ3v) is 3.57. The second-order valence-electron chi connectivity index (χ2n) is 4.06. The van der Waals surface area contributed by atoms with Gasteiger partial charge < -0.3 is 14.8 Å². The van der Waals surface area contributed by atoms with Crippen molar-refractivity contribution in [1.29, 1.82) is 0 Å². The number of rotatable bonds is 5. The zero-order chi connectivity index (χ0) is 15.2. The Morgan fingerprint density at radius 3 is 2.76 bits per heavy atom. The Morgan fingerprint density at radius 1 is 1.29 bits per heavy atom. The molecule has 0 aliphatic heterocycles. The third-order valence-electron chi connectivity index (χ3n) is 2.68. The third kappa shape index (κ3) is 3.79. The SMILES string of the molecule is COC(=O)c1cnc(NC(=O)Cc2ccccc2OC)s1. The lowest BCUT2D eigenvalue weighted by Crippen LogP contribution is -2.14. The van der Waals surface area contributed by atoms with E-state index in [1.807, 2.05) is 18.2 Å². The highest BCUT2D eigenvalue weighted by Crippen LogP contribution is 2.21. The van der Waals surface area contributed by atoms with E-state index < -0.39 is 5.97 Å². The summed E-state index contributed by atoms with van der Waals surface area (Å²) in [6, 6.07) is 7.29. The molecular weight excluding hydrogens is 292 g/mol. The lowest BCUT2D eigenvalue weighted by molar-refractivity contribution is -0.115. The first-order valence-corrected chi connectivity index (χ1v) is 6.91. The fourth-order valence-electron chi connectivity index (χ4n) is 1.71. The summed E-state index contributed by atoms with van der Waals surface area (Å²) < 4.78 is 9.78. The molecule has 1 aromatic heterocycles. The van der Waals surface area contributed by atoms with E-state index in [2.05, 4.69) is 15.0 Å². The van der Waals surface area contributed by atoms with Crippen LogP contribution in [0.25, 0.3) is 0 Å². The molecule has 0 unspecified atom stereocenters. The number of thiazole rings is 1. The molecule has 2 rings (SSSR count). The number of methoxy groups -OCH3 is 2. The minimum Gasteiger partial charge on any atom is -0.496 e. The predicted molar refractivity (Wildman–Crippen MR) is 78.8 cm³/mol. The number of carbonyl (C=O) groups excluding carboxylic acids is 2. The van der Waals surface area contributed by atoms with Gasteiger partial charge in [-0.25, -0.2) is 9.78 Å². The van der Waals surface area contributed by atoms with Crippen molar-refractivity contribution < 1.29 is 19.1 Å². The number of ether oxygens (including phenoxy) is 2. The van der Waals surface area contributed by atoms with Crippen LogP contribution in [0.5, 0.6) is 5.75 Å². The molecular formula is C14H14N2O4S. The van der Waals surface area contributed by atoms with Crippen molar-refractivity contribution in [3.05, 3.63) is 40.9 Å². The molecule has 1 amide bonds. The fourth-order valence-corrected chi connectivity index (χ4v) is 2.46. The van der Waals surface area contributed by atoms with Gasteiger partial charge in [-0.15, -0.1) is 0 Å². The molecule has 21 heavy (non-hydrogen) atoms. The van der Waals surface area contributed by atoms with Crippen LogP contribution in [0.2, 0.25) is 0 Å². The smallest absolute Gasteiger partial charge is 0.349 e. The normalized spacial score (nSPS) is 10.0. The molecule has 110 valence electrons. The Kier molecular flexibility index (Phi) is 4.89. The Hall–Kier alpha value is -2.41. The Morgan fingerprint density at radius 2 is 2.05 bits per heavy atom. The van der Waals surface area contributed by atoms with E-state index in [9.17, 15) is 9.59 Å². The molecule has 1 heterocycles. The van der Waals surface area contributed by atoms with Crippen molar-refractivity contribution in [2.45, 2.75) is 6.42 Å². The van der Waals surface area contributed by atoms with Crippen LogP contribution in [0.15, 0.2) is 30.5 Å². The summed E-state index contributed by atoms with van der Waals surface area (Å²) in [5, 5.41) is 3.00. The summed E-state index contributed by atoms with van der Waals surface area (Å²) in [4.78, 5) is 27.6. The zero-order valence-corrected chi connectivity index (χ0v) is 12.4. The van der Waals surface area contributed by atoms with Crippen molar-refractivity contribution in [3.63, 3.8) is 0 Å². The number of hydrogen-bond acceptors (Lipinski definition) is 6. The quantitative estimate of drug-likeness (QED) is 0.856. The molecule has 0 fully saturated rings.